The molecule has 0 radical (unpaired) electrons. The number of carbonyl (C=O) groups is 1. The molecule has 7 nitrogen and oxygen atoms in total. The second-order valence-corrected chi connectivity index (χ2v) is 5.04. The molecule has 0 aliphatic heterocycles. The summed E-state index contributed by atoms with van der Waals surface area (Å²) in [6.45, 7) is 2.53. The molecule has 0 unspecified atom stereocenters. The summed E-state index contributed by atoms with van der Waals surface area (Å²) in [5.41, 5.74) is 0.922. The number of ether oxygens (including phenoxy) is 1. The normalized spacial score (nSPS) is 10.1. The van der Waals surface area contributed by atoms with Crippen molar-refractivity contribution in [3.63, 3.8) is 0 Å². The Labute approximate surface area is 139 Å². The summed E-state index contributed by atoms with van der Waals surface area (Å²) in [6.07, 6.45) is 0.847. The van der Waals surface area contributed by atoms with E-state index in [1.165, 1.54) is 18.2 Å². The molecule has 0 saturated heterocycles. The van der Waals surface area contributed by atoms with Crippen molar-refractivity contribution in [1.29, 1.82) is 0 Å². The molecule has 126 valence electrons. The summed E-state index contributed by atoms with van der Waals surface area (Å²) >= 11 is 0. The minimum Gasteiger partial charge on any atom is -0.491 e. The monoisotopic (exact) mass is 329 g/mol. The molecule has 1 amide bonds. The van der Waals surface area contributed by atoms with Crippen molar-refractivity contribution < 1.29 is 14.5 Å². The number of rotatable bonds is 7. The Bertz CT molecular complexity index is 746. The lowest BCUT2D eigenvalue weighted by Crippen LogP contribution is -2.13. The van der Waals surface area contributed by atoms with Gasteiger partial charge in [0.2, 0.25) is 0 Å². The van der Waals surface area contributed by atoms with Crippen LogP contribution >= 0.6 is 0 Å². The molecule has 0 spiro atoms. The van der Waals surface area contributed by atoms with E-state index in [1.807, 2.05) is 13.0 Å². The minimum absolute atomic E-state index is 0.152. The van der Waals surface area contributed by atoms with Gasteiger partial charge in [0.15, 0.2) is 0 Å². The summed E-state index contributed by atoms with van der Waals surface area (Å²) in [5.74, 6) is 0.127. The minimum atomic E-state index is -0.527. The summed E-state index contributed by atoms with van der Waals surface area (Å²) < 4.78 is 5.59. The van der Waals surface area contributed by atoms with Crippen LogP contribution in [0.4, 0.5) is 17.1 Å². The molecule has 0 atom stereocenters. The first-order chi connectivity index (χ1) is 11.6. The zero-order valence-electron chi connectivity index (χ0n) is 13.5. The van der Waals surface area contributed by atoms with Crippen LogP contribution in [0, 0.1) is 10.1 Å². The fourth-order valence-corrected chi connectivity index (χ4v) is 2.14. The highest BCUT2D eigenvalue weighted by Gasteiger charge is 2.17. The molecule has 2 aromatic carbocycles. The first-order valence-electron chi connectivity index (χ1n) is 7.56. The van der Waals surface area contributed by atoms with Gasteiger partial charge in [-0.1, -0.05) is 19.1 Å². The number of hydrogen-bond donors (Lipinski definition) is 2. The molecule has 2 N–H and O–H groups in total. The molecule has 2 aromatic rings. The number of amides is 1. The lowest BCUT2D eigenvalue weighted by Gasteiger charge is -2.12. The van der Waals surface area contributed by atoms with Crippen molar-refractivity contribution in [3.8, 4) is 5.75 Å². The third kappa shape index (κ3) is 4.01. The van der Waals surface area contributed by atoms with Crippen LogP contribution in [0.5, 0.6) is 5.75 Å². The Hall–Kier alpha value is -3.09. The largest absolute Gasteiger partial charge is 0.491 e. The van der Waals surface area contributed by atoms with Gasteiger partial charge in [-0.2, -0.15) is 0 Å². The molecule has 0 aromatic heterocycles. The Morgan fingerprint density at radius 3 is 2.62 bits per heavy atom. The van der Waals surface area contributed by atoms with E-state index in [9.17, 15) is 14.9 Å². The number of anilines is 2. The first-order valence-corrected chi connectivity index (χ1v) is 7.56. The fourth-order valence-electron chi connectivity index (χ4n) is 2.14. The lowest BCUT2D eigenvalue weighted by molar-refractivity contribution is -0.384. The maximum atomic E-state index is 12.4. The highest BCUT2D eigenvalue weighted by molar-refractivity contribution is 6.05. The van der Waals surface area contributed by atoms with Crippen molar-refractivity contribution in [2.45, 2.75) is 13.3 Å². The van der Waals surface area contributed by atoms with Crippen LogP contribution in [0.1, 0.15) is 23.7 Å². The highest BCUT2D eigenvalue weighted by atomic mass is 16.6. The first kappa shape index (κ1) is 17.3. The summed E-state index contributed by atoms with van der Waals surface area (Å²) in [5, 5.41) is 16.6. The van der Waals surface area contributed by atoms with E-state index < -0.39 is 10.8 Å². The summed E-state index contributed by atoms with van der Waals surface area (Å²) in [4.78, 5) is 23.0. The molecule has 0 aliphatic carbocycles. The number of nitro groups is 1. The predicted octanol–water partition coefficient (Wildman–Crippen LogP) is 3.68. The van der Waals surface area contributed by atoms with Crippen molar-refractivity contribution in [3.05, 3.63) is 58.1 Å². The predicted molar refractivity (Wildman–Crippen MR) is 92.8 cm³/mol. The molecule has 0 saturated carbocycles. The third-order valence-corrected chi connectivity index (χ3v) is 3.32. The van der Waals surface area contributed by atoms with Gasteiger partial charge in [-0.3, -0.25) is 14.9 Å². The van der Waals surface area contributed by atoms with Crippen LogP contribution in [0.25, 0.3) is 0 Å². The van der Waals surface area contributed by atoms with Gasteiger partial charge in [-0.05, 0) is 30.7 Å². The van der Waals surface area contributed by atoms with Crippen LogP contribution in [-0.2, 0) is 0 Å². The van der Waals surface area contributed by atoms with Gasteiger partial charge in [-0.15, -0.1) is 0 Å². The van der Waals surface area contributed by atoms with Gasteiger partial charge in [0, 0.05) is 18.7 Å². The zero-order chi connectivity index (χ0) is 17.5. The maximum Gasteiger partial charge on any atom is 0.293 e. The zero-order valence-corrected chi connectivity index (χ0v) is 13.5. The number of nitrogens with zero attached hydrogens (tertiary/aromatic N) is 1. The highest BCUT2D eigenvalue weighted by Crippen LogP contribution is 2.27. The van der Waals surface area contributed by atoms with Crippen molar-refractivity contribution >= 4 is 23.0 Å². The number of nitro benzene ring substituents is 1. The molecule has 0 heterocycles. The standard InChI is InChI=1S/C17H19N3O4/c1-3-10-24-16-7-5-4-6-14(16)19-17(21)12-8-9-13(18-2)15(11-12)20(22)23/h4-9,11,18H,3,10H2,1-2H3,(H,19,21). The fraction of sp³-hybridized carbons (Fsp3) is 0.235. The van der Waals surface area contributed by atoms with Crippen molar-refractivity contribution in [2.75, 3.05) is 24.3 Å². The third-order valence-electron chi connectivity index (χ3n) is 3.32. The van der Waals surface area contributed by atoms with E-state index in [1.54, 1.807) is 25.2 Å². The van der Waals surface area contributed by atoms with Crippen molar-refractivity contribution in [1.82, 2.24) is 0 Å². The molecule has 2 rings (SSSR count). The van der Waals surface area contributed by atoms with Crippen LogP contribution in [0.15, 0.2) is 42.5 Å². The van der Waals surface area contributed by atoms with Gasteiger partial charge in [-0.25, -0.2) is 0 Å². The van der Waals surface area contributed by atoms with E-state index in [0.717, 1.165) is 6.42 Å². The van der Waals surface area contributed by atoms with E-state index in [0.29, 0.717) is 23.7 Å². The van der Waals surface area contributed by atoms with E-state index in [4.69, 9.17) is 4.74 Å². The molecule has 0 aliphatic rings. The Morgan fingerprint density at radius 1 is 1.21 bits per heavy atom. The Morgan fingerprint density at radius 2 is 1.96 bits per heavy atom. The molecule has 0 bridgehead atoms. The topological polar surface area (TPSA) is 93.5 Å². The second kappa shape index (κ2) is 7.96. The Balaban J connectivity index is 2.24. The lowest BCUT2D eigenvalue weighted by atomic mass is 10.1. The average Bonchev–Trinajstić information content (AvgIpc) is 2.60. The second-order valence-electron chi connectivity index (χ2n) is 5.04. The van der Waals surface area contributed by atoms with Crippen LogP contribution in [-0.4, -0.2) is 24.5 Å². The van der Waals surface area contributed by atoms with Gasteiger partial charge < -0.3 is 15.4 Å². The van der Waals surface area contributed by atoms with Gasteiger partial charge >= 0.3 is 0 Å². The van der Waals surface area contributed by atoms with Gasteiger partial charge in [0.1, 0.15) is 11.4 Å². The van der Waals surface area contributed by atoms with E-state index in [-0.39, 0.29) is 11.3 Å². The van der Waals surface area contributed by atoms with E-state index >= 15 is 0 Å². The molecular weight excluding hydrogens is 310 g/mol. The molecule has 7 heteroatoms. The number of para-hydroxylation sites is 2. The van der Waals surface area contributed by atoms with E-state index in [2.05, 4.69) is 10.6 Å². The van der Waals surface area contributed by atoms with Crippen LogP contribution < -0.4 is 15.4 Å². The SMILES string of the molecule is CCCOc1ccccc1NC(=O)c1ccc(NC)c([N+](=O)[O-])c1. The maximum absolute atomic E-state index is 12.4. The van der Waals surface area contributed by atoms with Gasteiger partial charge in [0.25, 0.3) is 11.6 Å². The van der Waals surface area contributed by atoms with Gasteiger partial charge in [0.05, 0.1) is 17.2 Å². The molecule has 24 heavy (non-hydrogen) atoms. The summed E-state index contributed by atoms with van der Waals surface area (Å²) in [7, 11) is 1.59. The number of benzene rings is 2. The van der Waals surface area contributed by atoms with Crippen LogP contribution in [0.3, 0.4) is 0 Å². The Kier molecular flexibility index (Phi) is 5.73. The van der Waals surface area contributed by atoms with Crippen LogP contribution in [0.2, 0.25) is 0 Å². The summed E-state index contributed by atoms with van der Waals surface area (Å²) in [6, 6.07) is 11.4. The molecule has 0 fully saturated rings. The average molecular weight is 329 g/mol. The quantitative estimate of drug-likeness (QED) is 0.597. The number of hydrogen-bond acceptors (Lipinski definition) is 5. The molecular formula is C17H19N3O4. The van der Waals surface area contributed by atoms with Crippen molar-refractivity contribution in [2.24, 2.45) is 0 Å². The number of carbonyl (C=O) groups excluding carboxylic acids is 1. The smallest absolute Gasteiger partial charge is 0.293 e. The number of nitrogens with one attached hydrogen (secondary N) is 2.